The summed E-state index contributed by atoms with van der Waals surface area (Å²) in [6.45, 7) is 2.11. The Kier molecular flexibility index (Phi) is 12.2. The molecule has 1 unspecified atom stereocenters. The van der Waals surface area contributed by atoms with E-state index in [4.69, 9.17) is 0 Å². The minimum absolute atomic E-state index is 0.188. The van der Waals surface area contributed by atoms with Crippen LogP contribution in [0.25, 0.3) is 0 Å². The summed E-state index contributed by atoms with van der Waals surface area (Å²) >= 11 is 0. The van der Waals surface area contributed by atoms with Crippen molar-refractivity contribution in [3.8, 4) is 0 Å². The minimum Gasteiger partial charge on any atom is -0.227 e. The van der Waals surface area contributed by atoms with E-state index >= 15 is 0 Å². The lowest BCUT2D eigenvalue weighted by Gasteiger charge is -2.39. The molecule has 0 spiro atoms. The van der Waals surface area contributed by atoms with Gasteiger partial charge in [-0.25, -0.2) is 4.39 Å². The fourth-order valence-corrected chi connectivity index (χ4v) is 3.29. The molecule has 0 aromatic carbocycles. The van der Waals surface area contributed by atoms with Crippen LogP contribution in [0, 0.1) is 0 Å². The van der Waals surface area contributed by atoms with Crippen LogP contribution in [-0.2, 0) is 0 Å². The van der Waals surface area contributed by atoms with Crippen LogP contribution < -0.4 is 0 Å². The third kappa shape index (κ3) is 8.26. The zero-order valence-corrected chi connectivity index (χ0v) is 17.6. The molecule has 0 rings (SSSR count). The second kappa shape index (κ2) is 12.5. The summed E-state index contributed by atoms with van der Waals surface area (Å²) in [6, 6.07) is 0. The van der Waals surface area contributed by atoms with Crippen LogP contribution >= 0.6 is 0 Å². The van der Waals surface area contributed by atoms with Gasteiger partial charge in [-0.05, 0) is 12.8 Å². The van der Waals surface area contributed by atoms with Gasteiger partial charge in [0, 0.05) is 0 Å². The molecule has 0 aliphatic heterocycles. The molecule has 0 aromatic heterocycles. The highest BCUT2D eigenvalue weighted by Crippen LogP contribution is 2.58. The molecule has 0 saturated carbocycles. The van der Waals surface area contributed by atoms with Gasteiger partial charge in [0.2, 0.25) is 0 Å². The van der Waals surface area contributed by atoms with Gasteiger partial charge >= 0.3 is 24.2 Å². The third-order valence-electron chi connectivity index (χ3n) is 5.32. The van der Waals surface area contributed by atoms with Gasteiger partial charge in [0.05, 0.1) is 0 Å². The van der Waals surface area contributed by atoms with Crippen molar-refractivity contribution >= 4 is 0 Å². The Balaban J connectivity index is 4.48. The summed E-state index contributed by atoms with van der Waals surface area (Å²) in [5, 5.41) is 0. The fraction of sp³-hybridized carbons (Fsp3) is 1.00. The van der Waals surface area contributed by atoms with Gasteiger partial charge in [-0.2, -0.15) is 43.9 Å². The molecule has 0 aliphatic rings. The summed E-state index contributed by atoms with van der Waals surface area (Å²) in [7, 11) is 0. The maximum atomic E-state index is 14.1. The van der Waals surface area contributed by atoms with Gasteiger partial charge in [0.25, 0.3) is 5.67 Å². The Morgan fingerprint density at radius 2 is 0.710 bits per heavy atom. The van der Waals surface area contributed by atoms with Crippen LogP contribution in [0.15, 0.2) is 0 Å². The van der Waals surface area contributed by atoms with E-state index in [-0.39, 0.29) is 12.8 Å². The average molecular weight is 480 g/mol. The molecule has 0 N–H and O–H groups in total. The van der Waals surface area contributed by atoms with Gasteiger partial charge in [-0.15, -0.1) is 0 Å². The zero-order valence-electron chi connectivity index (χ0n) is 17.6. The summed E-state index contributed by atoms with van der Waals surface area (Å²) < 4.78 is 142. The zero-order chi connectivity index (χ0) is 24.4. The van der Waals surface area contributed by atoms with Crippen molar-refractivity contribution in [2.45, 2.75) is 127 Å². The molecule has 0 heterocycles. The molecule has 188 valence electrons. The van der Waals surface area contributed by atoms with Gasteiger partial charge in [-0.1, -0.05) is 84.0 Å². The first-order valence-corrected chi connectivity index (χ1v) is 10.6. The number of alkyl halides is 11. The highest BCUT2D eigenvalue weighted by molar-refractivity contribution is 5.08. The van der Waals surface area contributed by atoms with E-state index in [1.165, 1.54) is 12.8 Å². The predicted molar refractivity (Wildman–Crippen MR) is 96.2 cm³/mol. The highest BCUT2D eigenvalue weighted by atomic mass is 19.4. The number of rotatable bonds is 16. The van der Waals surface area contributed by atoms with E-state index < -0.39 is 42.7 Å². The average Bonchev–Trinajstić information content (AvgIpc) is 2.63. The Morgan fingerprint density at radius 1 is 0.387 bits per heavy atom. The number of hydrogen-bond acceptors (Lipinski definition) is 0. The monoisotopic (exact) mass is 480 g/mol. The SMILES string of the molecule is CCCCCCCCCCCCCCCC(F)(C(F)(F)F)C(F)(F)C(F)(F)C(F)(F)F. The topological polar surface area (TPSA) is 0 Å². The molecule has 1 atom stereocenters. The predicted octanol–water partition coefficient (Wildman–Crippen LogP) is 9.57. The van der Waals surface area contributed by atoms with E-state index in [1.807, 2.05) is 0 Å². The molecule has 0 aliphatic carbocycles. The lowest BCUT2D eigenvalue weighted by atomic mass is 9.86. The van der Waals surface area contributed by atoms with Crippen LogP contribution in [0.4, 0.5) is 48.3 Å². The second-order valence-corrected chi connectivity index (χ2v) is 7.94. The van der Waals surface area contributed by atoms with Gasteiger partial charge in [-0.3, -0.25) is 0 Å². The number of hydrogen-bond donors (Lipinski definition) is 0. The quantitative estimate of drug-likeness (QED) is 0.152. The van der Waals surface area contributed by atoms with Gasteiger partial charge < -0.3 is 0 Å². The highest BCUT2D eigenvalue weighted by Gasteiger charge is 2.85. The fourth-order valence-electron chi connectivity index (χ4n) is 3.29. The van der Waals surface area contributed by atoms with Crippen LogP contribution in [0.1, 0.15) is 96.8 Å². The Bertz CT molecular complexity index is 482. The first-order valence-electron chi connectivity index (χ1n) is 10.6. The second-order valence-electron chi connectivity index (χ2n) is 7.94. The van der Waals surface area contributed by atoms with Crippen molar-refractivity contribution in [1.29, 1.82) is 0 Å². The van der Waals surface area contributed by atoms with E-state index in [1.54, 1.807) is 0 Å². The molecule has 0 saturated heterocycles. The molecule has 0 radical (unpaired) electrons. The van der Waals surface area contributed by atoms with E-state index in [0.29, 0.717) is 6.42 Å². The van der Waals surface area contributed by atoms with Crippen LogP contribution in [0.2, 0.25) is 0 Å². The summed E-state index contributed by atoms with van der Waals surface area (Å²) in [4.78, 5) is 0. The standard InChI is InChI=1S/C20H31F11/c1-2-3-4-5-6-7-8-9-10-11-12-13-14-15-16(21,19(26,27)28)17(22,23)18(24,25)20(29,30)31/h2-15H2,1H3. The van der Waals surface area contributed by atoms with Crippen LogP contribution in [-0.4, -0.2) is 29.9 Å². The Morgan fingerprint density at radius 3 is 1.00 bits per heavy atom. The molecule has 11 heteroatoms. The normalized spacial score (nSPS) is 15.9. The lowest BCUT2D eigenvalue weighted by molar-refractivity contribution is -0.412. The summed E-state index contributed by atoms with van der Waals surface area (Å²) in [6.07, 6.45) is -6.76. The van der Waals surface area contributed by atoms with Crippen molar-refractivity contribution in [1.82, 2.24) is 0 Å². The van der Waals surface area contributed by atoms with Crippen molar-refractivity contribution in [2.75, 3.05) is 0 Å². The molecule has 0 nitrogen and oxygen atoms in total. The van der Waals surface area contributed by atoms with E-state index in [2.05, 4.69) is 6.92 Å². The summed E-state index contributed by atoms with van der Waals surface area (Å²) in [5.74, 6) is -14.2. The van der Waals surface area contributed by atoms with Crippen LogP contribution in [0.3, 0.4) is 0 Å². The third-order valence-corrected chi connectivity index (χ3v) is 5.32. The maximum Gasteiger partial charge on any atom is 0.460 e. The first-order chi connectivity index (χ1) is 14.1. The molecule has 0 fully saturated rings. The molecule has 0 amide bonds. The van der Waals surface area contributed by atoms with E-state index in [0.717, 1.165) is 44.9 Å². The maximum absolute atomic E-state index is 14.1. The molecular formula is C20H31F11. The largest absolute Gasteiger partial charge is 0.460 e. The molecule has 0 aromatic rings. The lowest BCUT2D eigenvalue weighted by Crippen LogP contribution is -2.67. The van der Waals surface area contributed by atoms with Crippen molar-refractivity contribution in [3.63, 3.8) is 0 Å². The van der Waals surface area contributed by atoms with Crippen molar-refractivity contribution in [2.24, 2.45) is 0 Å². The molecular weight excluding hydrogens is 449 g/mol. The molecule has 0 bridgehead atoms. The Labute approximate surface area is 175 Å². The van der Waals surface area contributed by atoms with Crippen molar-refractivity contribution in [3.05, 3.63) is 0 Å². The summed E-state index contributed by atoms with van der Waals surface area (Å²) in [5.41, 5.74) is -5.99. The Hall–Kier alpha value is -0.770. The first kappa shape index (κ1) is 30.2. The smallest absolute Gasteiger partial charge is 0.227 e. The molecule has 31 heavy (non-hydrogen) atoms. The van der Waals surface area contributed by atoms with Crippen molar-refractivity contribution < 1.29 is 48.3 Å². The van der Waals surface area contributed by atoms with E-state index in [9.17, 15) is 48.3 Å². The minimum atomic E-state index is -7.17. The number of unbranched alkanes of at least 4 members (excludes halogenated alkanes) is 12. The van der Waals surface area contributed by atoms with Gasteiger partial charge in [0.1, 0.15) is 0 Å². The number of halogens is 11. The van der Waals surface area contributed by atoms with Crippen LogP contribution in [0.5, 0.6) is 0 Å². The van der Waals surface area contributed by atoms with Gasteiger partial charge in [0.15, 0.2) is 0 Å².